The Morgan fingerprint density at radius 3 is 2.85 bits per heavy atom. The summed E-state index contributed by atoms with van der Waals surface area (Å²) in [5.74, 6) is 0.171. The third kappa shape index (κ3) is 5.60. The van der Waals surface area contributed by atoms with Crippen LogP contribution in [0.15, 0.2) is 42.6 Å². The van der Waals surface area contributed by atoms with Gasteiger partial charge in [0.15, 0.2) is 6.61 Å². The highest BCUT2D eigenvalue weighted by Crippen LogP contribution is 2.32. The van der Waals surface area contributed by atoms with Crippen LogP contribution in [0.4, 0.5) is 18.0 Å². The fourth-order valence-electron chi connectivity index (χ4n) is 3.11. The van der Waals surface area contributed by atoms with Crippen LogP contribution in [0.25, 0.3) is 0 Å². The quantitative estimate of drug-likeness (QED) is 0.807. The number of pyridine rings is 1. The number of rotatable bonds is 6. The van der Waals surface area contributed by atoms with E-state index in [9.17, 15) is 18.0 Å². The number of carbonyl (C=O) groups is 1. The lowest BCUT2D eigenvalue weighted by atomic mass is 10.0. The molecule has 0 radical (unpaired) electrons. The third-order valence-corrected chi connectivity index (χ3v) is 4.40. The Labute approximate surface area is 154 Å². The second-order valence-corrected chi connectivity index (χ2v) is 6.40. The number of aromatic nitrogens is 1. The Hall–Kier alpha value is -2.77. The van der Waals surface area contributed by atoms with E-state index in [1.165, 1.54) is 23.4 Å². The maximum atomic E-state index is 12.2. The highest BCUT2D eigenvalue weighted by Gasteiger charge is 2.28. The van der Waals surface area contributed by atoms with Crippen molar-refractivity contribution in [3.8, 4) is 5.88 Å². The molecule has 0 saturated carbocycles. The van der Waals surface area contributed by atoms with E-state index in [1.807, 2.05) is 12.1 Å². The number of hydrogen-bond donors (Lipinski definition) is 2. The highest BCUT2D eigenvalue weighted by atomic mass is 19.4. The molecule has 0 aliphatic heterocycles. The minimum atomic E-state index is -4.42. The number of aryl methyl sites for hydroxylation is 1. The van der Waals surface area contributed by atoms with Gasteiger partial charge in [0.2, 0.25) is 5.88 Å². The van der Waals surface area contributed by atoms with Gasteiger partial charge < -0.3 is 15.4 Å². The monoisotopic (exact) mass is 379 g/mol. The second kappa shape index (κ2) is 8.28. The van der Waals surface area contributed by atoms with Crippen molar-refractivity contribution in [2.45, 2.75) is 31.5 Å². The molecule has 2 amide bonds. The van der Waals surface area contributed by atoms with E-state index in [4.69, 9.17) is 0 Å². The number of halogens is 3. The fourth-order valence-corrected chi connectivity index (χ4v) is 3.11. The van der Waals surface area contributed by atoms with Gasteiger partial charge in [0, 0.05) is 31.3 Å². The average molecular weight is 379 g/mol. The lowest BCUT2D eigenvalue weighted by Crippen LogP contribution is -2.37. The third-order valence-electron chi connectivity index (χ3n) is 4.40. The number of nitrogens with one attached hydrogen (secondary N) is 2. The van der Waals surface area contributed by atoms with Gasteiger partial charge in [-0.2, -0.15) is 13.2 Å². The van der Waals surface area contributed by atoms with Crippen LogP contribution in [-0.4, -0.2) is 30.3 Å². The first-order valence-electron chi connectivity index (χ1n) is 8.65. The molecular formula is C19H20F3N3O2. The lowest BCUT2D eigenvalue weighted by molar-refractivity contribution is -0.154. The molecule has 0 spiro atoms. The Bertz CT molecular complexity index is 796. The van der Waals surface area contributed by atoms with Gasteiger partial charge in [0.1, 0.15) is 0 Å². The van der Waals surface area contributed by atoms with Crippen molar-refractivity contribution in [1.29, 1.82) is 0 Å². The van der Waals surface area contributed by atoms with Crippen molar-refractivity contribution in [2.24, 2.45) is 0 Å². The van der Waals surface area contributed by atoms with Crippen molar-refractivity contribution in [2.75, 3.05) is 13.2 Å². The minimum Gasteiger partial charge on any atom is -0.468 e. The van der Waals surface area contributed by atoms with Gasteiger partial charge in [0.25, 0.3) is 0 Å². The van der Waals surface area contributed by atoms with Crippen LogP contribution in [0.5, 0.6) is 5.88 Å². The zero-order valence-corrected chi connectivity index (χ0v) is 14.6. The van der Waals surface area contributed by atoms with E-state index in [1.54, 1.807) is 6.07 Å². The first kappa shape index (κ1) is 19.0. The number of hydrogen-bond acceptors (Lipinski definition) is 3. The molecule has 1 aliphatic carbocycles. The molecule has 8 heteroatoms. The van der Waals surface area contributed by atoms with Crippen molar-refractivity contribution in [3.05, 3.63) is 59.3 Å². The predicted molar refractivity (Wildman–Crippen MR) is 93.5 cm³/mol. The van der Waals surface area contributed by atoms with E-state index < -0.39 is 12.8 Å². The molecule has 5 nitrogen and oxygen atoms in total. The molecule has 3 rings (SSSR count). The number of urea groups is 1. The zero-order valence-electron chi connectivity index (χ0n) is 14.6. The van der Waals surface area contributed by atoms with Crippen LogP contribution >= 0.6 is 0 Å². The van der Waals surface area contributed by atoms with Gasteiger partial charge >= 0.3 is 12.2 Å². The summed E-state index contributed by atoms with van der Waals surface area (Å²) >= 11 is 0. The van der Waals surface area contributed by atoms with Crippen LogP contribution in [-0.2, 0) is 13.0 Å². The van der Waals surface area contributed by atoms with E-state index in [0.29, 0.717) is 18.0 Å². The number of benzene rings is 1. The molecule has 2 aromatic rings. The van der Waals surface area contributed by atoms with E-state index in [-0.39, 0.29) is 18.5 Å². The van der Waals surface area contributed by atoms with Crippen molar-refractivity contribution in [3.63, 3.8) is 0 Å². The Kier molecular flexibility index (Phi) is 5.83. The highest BCUT2D eigenvalue weighted by molar-refractivity contribution is 5.73. The molecule has 1 unspecified atom stereocenters. The van der Waals surface area contributed by atoms with Gasteiger partial charge in [-0.1, -0.05) is 24.3 Å². The largest absolute Gasteiger partial charge is 0.468 e. The summed E-state index contributed by atoms with van der Waals surface area (Å²) in [5.41, 5.74) is 3.20. The number of alkyl halides is 3. The molecule has 0 saturated heterocycles. The van der Waals surface area contributed by atoms with Crippen LogP contribution < -0.4 is 15.4 Å². The molecule has 1 heterocycles. The summed E-state index contributed by atoms with van der Waals surface area (Å²) in [5, 5.41) is 5.54. The number of amides is 2. The Balaban J connectivity index is 1.44. The summed E-state index contributed by atoms with van der Waals surface area (Å²) < 4.78 is 41.2. The normalized spacial score (nSPS) is 15.9. The number of nitrogens with zero attached hydrogens (tertiary/aromatic N) is 1. The molecular weight excluding hydrogens is 359 g/mol. The number of carbonyl (C=O) groups excluding carboxylic acids is 1. The maximum Gasteiger partial charge on any atom is 0.422 e. The van der Waals surface area contributed by atoms with Crippen LogP contribution in [0.3, 0.4) is 0 Å². The van der Waals surface area contributed by atoms with Crippen molar-refractivity contribution >= 4 is 6.03 Å². The first-order chi connectivity index (χ1) is 12.9. The molecule has 1 aromatic heterocycles. The molecule has 1 aromatic carbocycles. The van der Waals surface area contributed by atoms with E-state index in [0.717, 1.165) is 12.8 Å². The smallest absolute Gasteiger partial charge is 0.422 e. The zero-order chi connectivity index (χ0) is 19.3. The van der Waals surface area contributed by atoms with Gasteiger partial charge in [-0.3, -0.25) is 0 Å². The van der Waals surface area contributed by atoms with Crippen LogP contribution in [0, 0.1) is 0 Å². The first-order valence-corrected chi connectivity index (χ1v) is 8.65. The Morgan fingerprint density at radius 2 is 2.04 bits per heavy atom. The number of fused-ring (bicyclic) bond motifs is 1. The molecule has 0 fully saturated rings. The van der Waals surface area contributed by atoms with Crippen molar-refractivity contribution < 1.29 is 22.7 Å². The lowest BCUT2D eigenvalue weighted by Gasteiger charge is -2.14. The van der Waals surface area contributed by atoms with Gasteiger partial charge in [-0.05, 0) is 35.6 Å². The summed E-state index contributed by atoms with van der Waals surface area (Å²) in [6.45, 7) is -0.697. The maximum absolute atomic E-state index is 12.2. The second-order valence-electron chi connectivity index (χ2n) is 6.40. The van der Waals surface area contributed by atoms with Crippen LogP contribution in [0.2, 0.25) is 0 Å². The fraction of sp³-hybridized carbons (Fsp3) is 0.368. The summed E-state index contributed by atoms with van der Waals surface area (Å²) in [6.07, 6.45) is -1.06. The standard InChI is InChI=1S/C19H20F3N3O2/c20-19(21,22)12-27-17-9-13(7-8-23-17)10-24-18(26)25-11-15-6-5-14-3-1-2-4-16(14)15/h1-4,7-9,15H,5-6,10-12H2,(H2,24,25,26). The Morgan fingerprint density at radius 1 is 1.22 bits per heavy atom. The molecule has 144 valence electrons. The summed E-state index contributed by atoms with van der Waals surface area (Å²) in [6, 6.07) is 10.9. The minimum absolute atomic E-state index is 0.130. The molecule has 27 heavy (non-hydrogen) atoms. The average Bonchev–Trinajstić information content (AvgIpc) is 3.06. The summed E-state index contributed by atoms with van der Waals surface area (Å²) in [7, 11) is 0. The summed E-state index contributed by atoms with van der Waals surface area (Å²) in [4.78, 5) is 15.7. The molecule has 2 N–H and O–H groups in total. The SMILES string of the molecule is O=C(NCc1ccnc(OCC(F)(F)F)c1)NCC1CCc2ccccc21. The predicted octanol–water partition coefficient (Wildman–Crippen LogP) is 3.55. The van der Waals surface area contributed by atoms with Gasteiger partial charge in [-0.25, -0.2) is 9.78 Å². The van der Waals surface area contributed by atoms with Gasteiger partial charge in [-0.15, -0.1) is 0 Å². The van der Waals surface area contributed by atoms with Crippen LogP contribution in [0.1, 0.15) is 29.0 Å². The van der Waals surface area contributed by atoms with Crippen molar-refractivity contribution in [1.82, 2.24) is 15.6 Å². The van der Waals surface area contributed by atoms with E-state index >= 15 is 0 Å². The van der Waals surface area contributed by atoms with E-state index in [2.05, 4.69) is 32.5 Å². The topological polar surface area (TPSA) is 63.2 Å². The molecule has 0 bridgehead atoms. The molecule has 1 atom stereocenters. The molecule has 1 aliphatic rings. The van der Waals surface area contributed by atoms with Gasteiger partial charge in [0.05, 0.1) is 0 Å². The number of ether oxygens (including phenoxy) is 1.